The maximum atomic E-state index is 11.4. The van der Waals surface area contributed by atoms with E-state index in [0.29, 0.717) is 18.3 Å². The molecule has 18 heavy (non-hydrogen) atoms. The van der Waals surface area contributed by atoms with E-state index in [4.69, 9.17) is 0 Å². The molecule has 0 unspecified atom stereocenters. The van der Waals surface area contributed by atoms with Gasteiger partial charge in [0, 0.05) is 18.3 Å². The van der Waals surface area contributed by atoms with E-state index in [0.717, 1.165) is 13.0 Å². The molecule has 1 aliphatic heterocycles. The zero-order chi connectivity index (χ0) is 13.6. The van der Waals surface area contributed by atoms with Gasteiger partial charge in [-0.15, -0.1) is 0 Å². The van der Waals surface area contributed by atoms with E-state index in [1.165, 1.54) is 25.8 Å². The van der Waals surface area contributed by atoms with Gasteiger partial charge < -0.3 is 9.80 Å². The molecular formula is C13H28N2O2S. The average molecular weight is 276 g/mol. The van der Waals surface area contributed by atoms with Crippen LogP contribution in [0.1, 0.15) is 32.6 Å². The molecule has 1 rings (SSSR count). The van der Waals surface area contributed by atoms with Crippen LogP contribution in [0.4, 0.5) is 0 Å². The summed E-state index contributed by atoms with van der Waals surface area (Å²) in [7, 11) is 1.40. The van der Waals surface area contributed by atoms with Gasteiger partial charge >= 0.3 is 0 Å². The Hall–Kier alpha value is -0.130. The van der Waals surface area contributed by atoms with Crippen molar-refractivity contribution in [2.75, 3.05) is 45.2 Å². The minimum Gasteiger partial charge on any atom is -0.305 e. The van der Waals surface area contributed by atoms with Crippen LogP contribution in [0.5, 0.6) is 0 Å². The van der Waals surface area contributed by atoms with Crippen molar-refractivity contribution in [3.8, 4) is 0 Å². The first-order valence-electron chi connectivity index (χ1n) is 7.04. The molecule has 0 aromatic rings. The Bertz CT molecular complexity index is 330. The Kier molecular flexibility index (Phi) is 6.60. The van der Waals surface area contributed by atoms with Crippen LogP contribution in [0.2, 0.25) is 0 Å². The van der Waals surface area contributed by atoms with Gasteiger partial charge in [-0.2, -0.15) is 0 Å². The van der Waals surface area contributed by atoms with Crippen LogP contribution >= 0.6 is 0 Å². The smallest absolute Gasteiger partial charge is 0.151 e. The molecule has 0 aromatic carbocycles. The predicted molar refractivity (Wildman–Crippen MR) is 76.7 cm³/mol. The Morgan fingerprint density at radius 3 is 2.61 bits per heavy atom. The third-order valence-corrected chi connectivity index (χ3v) is 5.67. The second kappa shape index (κ2) is 7.46. The Balaban J connectivity index is 2.22. The number of hydrogen-bond donors (Lipinski definition) is 0. The van der Waals surface area contributed by atoms with Crippen molar-refractivity contribution < 1.29 is 8.42 Å². The first-order chi connectivity index (χ1) is 8.44. The molecule has 0 aliphatic carbocycles. The third kappa shape index (κ3) is 5.67. The summed E-state index contributed by atoms with van der Waals surface area (Å²) in [6.07, 6.45) is 5.09. The van der Waals surface area contributed by atoms with Crippen molar-refractivity contribution in [3.05, 3.63) is 0 Å². The van der Waals surface area contributed by atoms with E-state index in [-0.39, 0.29) is 5.75 Å². The summed E-state index contributed by atoms with van der Waals surface area (Å²) in [5, 5.41) is 0. The summed E-state index contributed by atoms with van der Waals surface area (Å²) in [5.41, 5.74) is 0. The molecule has 5 heteroatoms. The minimum absolute atomic E-state index is 0.256. The molecule has 1 fully saturated rings. The number of piperidine rings is 1. The summed E-state index contributed by atoms with van der Waals surface area (Å²) in [5.74, 6) is 0.548. The van der Waals surface area contributed by atoms with Crippen LogP contribution < -0.4 is 0 Å². The Morgan fingerprint density at radius 2 is 2.00 bits per heavy atom. The maximum Gasteiger partial charge on any atom is 0.151 e. The molecule has 0 amide bonds. The van der Waals surface area contributed by atoms with Gasteiger partial charge in [0.05, 0.1) is 5.75 Å². The van der Waals surface area contributed by atoms with E-state index >= 15 is 0 Å². The lowest BCUT2D eigenvalue weighted by Crippen LogP contribution is -2.39. The average Bonchev–Trinajstić information content (AvgIpc) is 2.35. The van der Waals surface area contributed by atoms with Crippen LogP contribution in [0, 0.1) is 0 Å². The molecule has 1 saturated heterocycles. The maximum absolute atomic E-state index is 11.4. The highest BCUT2D eigenvalue weighted by Crippen LogP contribution is 2.17. The van der Waals surface area contributed by atoms with Crippen molar-refractivity contribution in [2.24, 2.45) is 0 Å². The number of rotatable bonds is 7. The van der Waals surface area contributed by atoms with E-state index in [2.05, 4.69) is 16.8 Å². The number of hydrogen-bond acceptors (Lipinski definition) is 4. The topological polar surface area (TPSA) is 40.6 Å². The summed E-state index contributed by atoms with van der Waals surface area (Å²) >= 11 is 0. The summed E-state index contributed by atoms with van der Waals surface area (Å²) < 4.78 is 22.9. The third-order valence-electron chi connectivity index (χ3n) is 3.99. The highest BCUT2D eigenvalue weighted by Gasteiger charge is 2.19. The van der Waals surface area contributed by atoms with E-state index < -0.39 is 9.84 Å². The molecule has 1 aliphatic rings. The predicted octanol–water partition coefficient (Wildman–Crippen LogP) is 1.23. The van der Waals surface area contributed by atoms with Crippen molar-refractivity contribution in [2.45, 2.75) is 38.6 Å². The zero-order valence-electron chi connectivity index (χ0n) is 12.1. The molecule has 0 N–H and O–H groups in total. The number of nitrogens with zero attached hydrogens (tertiary/aromatic N) is 2. The van der Waals surface area contributed by atoms with Gasteiger partial charge in [0.1, 0.15) is 0 Å². The van der Waals surface area contributed by atoms with Crippen molar-refractivity contribution in [1.29, 1.82) is 0 Å². The summed E-state index contributed by atoms with van der Waals surface area (Å²) in [6.45, 7) is 4.58. The van der Waals surface area contributed by atoms with Crippen LogP contribution in [-0.4, -0.2) is 69.5 Å². The van der Waals surface area contributed by atoms with Crippen molar-refractivity contribution >= 4 is 9.84 Å². The summed E-state index contributed by atoms with van der Waals surface area (Å²) in [6, 6.07) is 0.684. The fourth-order valence-corrected chi connectivity index (χ4v) is 3.31. The van der Waals surface area contributed by atoms with Gasteiger partial charge in [0.15, 0.2) is 9.84 Å². The zero-order valence-corrected chi connectivity index (χ0v) is 12.9. The SMILES string of the molecule is CCS(=O)(=O)CCN(C)CC[C@H]1CCCCN1C. The number of sulfone groups is 1. The fraction of sp³-hybridized carbons (Fsp3) is 1.00. The van der Waals surface area contributed by atoms with Crippen molar-refractivity contribution in [1.82, 2.24) is 9.80 Å². The highest BCUT2D eigenvalue weighted by molar-refractivity contribution is 7.91. The van der Waals surface area contributed by atoms with E-state index in [1.807, 2.05) is 7.05 Å². The molecule has 1 atom stereocenters. The minimum atomic E-state index is -2.82. The molecule has 0 saturated carbocycles. The van der Waals surface area contributed by atoms with Crippen molar-refractivity contribution in [3.63, 3.8) is 0 Å². The quantitative estimate of drug-likeness (QED) is 0.701. The Morgan fingerprint density at radius 1 is 1.28 bits per heavy atom. The van der Waals surface area contributed by atoms with Crippen LogP contribution in [0.15, 0.2) is 0 Å². The van der Waals surface area contributed by atoms with Crippen LogP contribution in [0.25, 0.3) is 0 Å². The molecule has 1 heterocycles. The molecule has 4 nitrogen and oxygen atoms in total. The monoisotopic (exact) mass is 276 g/mol. The molecule has 0 aromatic heterocycles. The lowest BCUT2D eigenvalue weighted by atomic mass is 10.00. The first kappa shape index (κ1) is 15.9. The van der Waals surface area contributed by atoms with E-state index in [9.17, 15) is 8.42 Å². The molecule has 0 bridgehead atoms. The van der Waals surface area contributed by atoms with Gasteiger partial charge in [-0.3, -0.25) is 0 Å². The first-order valence-corrected chi connectivity index (χ1v) is 8.86. The second-order valence-corrected chi connectivity index (χ2v) is 7.93. The molecule has 0 radical (unpaired) electrons. The van der Waals surface area contributed by atoms with Gasteiger partial charge in [-0.1, -0.05) is 13.3 Å². The lowest BCUT2D eigenvalue weighted by Gasteiger charge is -2.33. The van der Waals surface area contributed by atoms with Crippen LogP contribution in [0.3, 0.4) is 0 Å². The van der Waals surface area contributed by atoms with Gasteiger partial charge in [-0.25, -0.2) is 8.42 Å². The number of likely N-dealkylation sites (tertiary alicyclic amines) is 1. The summed E-state index contributed by atoms with van der Waals surface area (Å²) in [4.78, 5) is 4.59. The van der Waals surface area contributed by atoms with E-state index in [1.54, 1.807) is 6.92 Å². The van der Waals surface area contributed by atoms with Gasteiger partial charge in [0.2, 0.25) is 0 Å². The molecule has 108 valence electrons. The standard InChI is InChI=1S/C13H28N2O2S/c1-4-18(16,17)12-11-14(2)10-8-13-7-5-6-9-15(13)3/h13H,4-12H2,1-3H3/t13-/m1/s1. The Labute approximate surface area is 112 Å². The molecular weight excluding hydrogens is 248 g/mol. The largest absolute Gasteiger partial charge is 0.305 e. The normalized spacial score (nSPS) is 22.6. The molecule has 0 spiro atoms. The fourth-order valence-electron chi connectivity index (χ4n) is 2.43. The van der Waals surface area contributed by atoms with Gasteiger partial charge in [-0.05, 0) is 46.4 Å². The lowest BCUT2D eigenvalue weighted by molar-refractivity contribution is 0.162. The highest BCUT2D eigenvalue weighted by atomic mass is 32.2. The van der Waals surface area contributed by atoms with Crippen LogP contribution in [-0.2, 0) is 9.84 Å². The second-order valence-electron chi connectivity index (χ2n) is 5.46. The van der Waals surface area contributed by atoms with Gasteiger partial charge in [0.25, 0.3) is 0 Å².